The summed E-state index contributed by atoms with van der Waals surface area (Å²) >= 11 is 0. The number of rotatable bonds is 2. The van der Waals surface area contributed by atoms with Gasteiger partial charge in [0.1, 0.15) is 23.0 Å². The van der Waals surface area contributed by atoms with Gasteiger partial charge in [-0.25, -0.2) is 0 Å². The fourth-order valence-electron chi connectivity index (χ4n) is 1.99. The third-order valence-electron chi connectivity index (χ3n) is 2.98. The highest BCUT2D eigenvalue weighted by molar-refractivity contribution is 5.92. The van der Waals surface area contributed by atoms with E-state index in [0.29, 0.717) is 12.8 Å². The molecule has 0 radical (unpaired) electrons. The second-order valence-corrected chi connectivity index (χ2v) is 4.00. The molecule has 1 aliphatic rings. The van der Waals surface area contributed by atoms with Crippen molar-refractivity contribution >= 4 is 5.78 Å². The van der Waals surface area contributed by atoms with Gasteiger partial charge in [-0.15, -0.1) is 0 Å². The van der Waals surface area contributed by atoms with Crippen LogP contribution >= 0.6 is 0 Å². The standard InChI is InChI=1S/C11H12O4/c1-6(12)11(2-3-11)10-8(14)4-7(13)5-9(10)15/h4-5,13-15H,2-3H2,1H3. The molecule has 2 rings (SSSR count). The molecule has 0 atom stereocenters. The molecule has 4 nitrogen and oxygen atoms in total. The predicted octanol–water partition coefficient (Wildman–Crippen LogP) is 1.42. The lowest BCUT2D eigenvalue weighted by atomic mass is 9.90. The molecule has 0 aromatic heterocycles. The summed E-state index contributed by atoms with van der Waals surface area (Å²) in [5.41, 5.74) is -0.491. The Morgan fingerprint density at radius 2 is 1.67 bits per heavy atom. The van der Waals surface area contributed by atoms with Gasteiger partial charge in [0.15, 0.2) is 0 Å². The number of ketones is 1. The fraction of sp³-hybridized carbons (Fsp3) is 0.364. The van der Waals surface area contributed by atoms with Gasteiger partial charge in [0.05, 0.1) is 5.41 Å². The Morgan fingerprint density at radius 3 is 2.00 bits per heavy atom. The molecular weight excluding hydrogens is 196 g/mol. The molecule has 0 unspecified atom stereocenters. The molecule has 15 heavy (non-hydrogen) atoms. The maximum atomic E-state index is 11.4. The lowest BCUT2D eigenvalue weighted by Gasteiger charge is -2.15. The van der Waals surface area contributed by atoms with Crippen LogP contribution in [0.25, 0.3) is 0 Å². The van der Waals surface area contributed by atoms with Crippen LogP contribution in [0.5, 0.6) is 17.2 Å². The Bertz CT molecular complexity index is 409. The second-order valence-electron chi connectivity index (χ2n) is 4.00. The minimum absolute atomic E-state index is 0.0706. The third kappa shape index (κ3) is 1.33. The normalized spacial score (nSPS) is 17.4. The van der Waals surface area contributed by atoms with Gasteiger partial charge < -0.3 is 15.3 Å². The molecule has 0 aliphatic heterocycles. The summed E-state index contributed by atoms with van der Waals surface area (Å²) in [6.07, 6.45) is 1.27. The maximum absolute atomic E-state index is 11.4. The molecule has 0 heterocycles. The first kappa shape index (κ1) is 9.83. The average Bonchev–Trinajstić information content (AvgIpc) is 2.83. The molecule has 4 heteroatoms. The molecule has 0 saturated heterocycles. The maximum Gasteiger partial charge on any atom is 0.140 e. The summed E-state index contributed by atoms with van der Waals surface area (Å²) in [6.45, 7) is 1.44. The van der Waals surface area contributed by atoms with Crippen LogP contribution in [0, 0.1) is 0 Å². The molecule has 1 fully saturated rings. The first-order chi connectivity index (χ1) is 6.97. The summed E-state index contributed by atoms with van der Waals surface area (Å²) in [7, 11) is 0. The second kappa shape index (κ2) is 2.89. The number of aromatic hydroxyl groups is 3. The minimum atomic E-state index is -0.734. The third-order valence-corrected chi connectivity index (χ3v) is 2.98. The fourth-order valence-corrected chi connectivity index (χ4v) is 1.99. The van der Waals surface area contributed by atoms with Crippen molar-refractivity contribution in [3.05, 3.63) is 17.7 Å². The molecule has 0 bridgehead atoms. The number of hydrogen-bond donors (Lipinski definition) is 3. The summed E-state index contributed by atoms with van der Waals surface area (Å²) < 4.78 is 0. The number of phenols is 3. The monoisotopic (exact) mass is 208 g/mol. The Balaban J connectivity index is 2.58. The van der Waals surface area contributed by atoms with Gasteiger partial charge in [-0.05, 0) is 19.8 Å². The van der Waals surface area contributed by atoms with E-state index in [0.717, 1.165) is 12.1 Å². The van der Waals surface area contributed by atoms with E-state index in [1.807, 2.05) is 0 Å². The number of phenolic OH excluding ortho intramolecular Hbond substituents is 3. The Morgan fingerprint density at radius 1 is 1.20 bits per heavy atom. The van der Waals surface area contributed by atoms with Crippen LogP contribution in [0.2, 0.25) is 0 Å². The van der Waals surface area contributed by atoms with Crippen molar-refractivity contribution in [1.29, 1.82) is 0 Å². The topological polar surface area (TPSA) is 77.8 Å². The first-order valence-corrected chi connectivity index (χ1v) is 4.74. The van der Waals surface area contributed by atoms with Crippen LogP contribution < -0.4 is 0 Å². The highest BCUT2D eigenvalue weighted by Crippen LogP contribution is 2.55. The minimum Gasteiger partial charge on any atom is -0.508 e. The molecule has 0 amide bonds. The van der Waals surface area contributed by atoms with Gasteiger partial charge >= 0.3 is 0 Å². The number of carbonyl (C=O) groups excluding carboxylic acids is 1. The van der Waals surface area contributed by atoms with Crippen molar-refractivity contribution in [2.45, 2.75) is 25.2 Å². The highest BCUT2D eigenvalue weighted by atomic mass is 16.3. The molecule has 1 aromatic carbocycles. The van der Waals surface area contributed by atoms with Crippen molar-refractivity contribution in [2.75, 3.05) is 0 Å². The van der Waals surface area contributed by atoms with Gasteiger partial charge in [-0.2, -0.15) is 0 Å². The van der Waals surface area contributed by atoms with Crippen molar-refractivity contribution in [3.8, 4) is 17.2 Å². The van der Waals surface area contributed by atoms with Crippen molar-refractivity contribution in [3.63, 3.8) is 0 Å². The number of benzene rings is 1. The SMILES string of the molecule is CC(=O)C1(c2c(O)cc(O)cc2O)CC1. The van der Waals surface area contributed by atoms with Crippen LogP contribution in [0.4, 0.5) is 0 Å². The summed E-state index contributed by atoms with van der Waals surface area (Å²) in [6, 6.07) is 2.27. The predicted molar refractivity (Wildman–Crippen MR) is 53.0 cm³/mol. The largest absolute Gasteiger partial charge is 0.508 e. The van der Waals surface area contributed by atoms with Crippen molar-refractivity contribution in [1.82, 2.24) is 0 Å². The summed E-state index contributed by atoms with van der Waals surface area (Å²) in [5.74, 6) is -0.729. The Kier molecular flexibility index (Phi) is 1.89. The molecule has 0 spiro atoms. The van der Waals surface area contributed by atoms with Gasteiger partial charge in [-0.3, -0.25) is 4.79 Å². The van der Waals surface area contributed by atoms with Crippen molar-refractivity contribution in [2.24, 2.45) is 0 Å². The van der Waals surface area contributed by atoms with E-state index in [4.69, 9.17) is 5.11 Å². The lowest BCUT2D eigenvalue weighted by Crippen LogP contribution is -2.17. The van der Waals surface area contributed by atoms with Gasteiger partial charge in [0, 0.05) is 17.7 Å². The molecular formula is C11H12O4. The number of Topliss-reactive ketones (excluding diaryl/α,β-unsaturated/α-hetero) is 1. The van der Waals surface area contributed by atoms with Crippen LogP contribution in [0.3, 0.4) is 0 Å². The number of carbonyl (C=O) groups is 1. The van der Waals surface area contributed by atoms with E-state index in [2.05, 4.69) is 0 Å². The van der Waals surface area contributed by atoms with E-state index < -0.39 is 5.41 Å². The quantitative estimate of drug-likeness (QED) is 0.687. The summed E-state index contributed by atoms with van der Waals surface area (Å²) in [5, 5.41) is 28.4. The zero-order valence-electron chi connectivity index (χ0n) is 8.32. The van der Waals surface area contributed by atoms with Crippen LogP contribution in [0.1, 0.15) is 25.3 Å². The zero-order chi connectivity index (χ0) is 11.2. The van der Waals surface area contributed by atoms with Crippen LogP contribution in [-0.2, 0) is 10.2 Å². The smallest absolute Gasteiger partial charge is 0.140 e. The van der Waals surface area contributed by atoms with Crippen LogP contribution in [0.15, 0.2) is 12.1 Å². The van der Waals surface area contributed by atoms with E-state index in [1.165, 1.54) is 6.92 Å². The van der Waals surface area contributed by atoms with Crippen molar-refractivity contribution < 1.29 is 20.1 Å². The first-order valence-electron chi connectivity index (χ1n) is 4.74. The summed E-state index contributed by atoms with van der Waals surface area (Å²) in [4.78, 5) is 11.4. The van der Waals surface area contributed by atoms with Gasteiger partial charge in [0.25, 0.3) is 0 Å². The Labute approximate surface area is 86.8 Å². The van der Waals surface area contributed by atoms with E-state index >= 15 is 0 Å². The lowest BCUT2D eigenvalue weighted by molar-refractivity contribution is -0.119. The molecule has 80 valence electrons. The highest BCUT2D eigenvalue weighted by Gasteiger charge is 2.52. The van der Waals surface area contributed by atoms with E-state index in [-0.39, 0.29) is 28.6 Å². The number of hydrogen-bond acceptors (Lipinski definition) is 4. The van der Waals surface area contributed by atoms with E-state index in [9.17, 15) is 15.0 Å². The molecule has 1 saturated carbocycles. The molecule has 1 aromatic rings. The van der Waals surface area contributed by atoms with Crippen LogP contribution in [-0.4, -0.2) is 21.1 Å². The van der Waals surface area contributed by atoms with Gasteiger partial charge in [0.2, 0.25) is 0 Å². The average molecular weight is 208 g/mol. The zero-order valence-corrected chi connectivity index (χ0v) is 8.32. The van der Waals surface area contributed by atoms with Gasteiger partial charge in [-0.1, -0.05) is 0 Å². The Hall–Kier alpha value is -1.71. The molecule has 1 aliphatic carbocycles. The van der Waals surface area contributed by atoms with E-state index in [1.54, 1.807) is 0 Å². The molecule has 3 N–H and O–H groups in total.